The van der Waals surface area contributed by atoms with E-state index < -0.39 is 0 Å². The van der Waals surface area contributed by atoms with Crippen LogP contribution in [0.15, 0.2) is 18.2 Å². The van der Waals surface area contributed by atoms with Gasteiger partial charge in [-0.15, -0.1) is 12.4 Å². The molecule has 0 bridgehead atoms. The first-order chi connectivity index (χ1) is 9.13. The molecular formula is C15H25ClN2O2. The molecule has 1 aromatic rings. The third kappa shape index (κ3) is 4.01. The number of halogens is 1. The molecule has 2 N–H and O–H groups in total. The Kier molecular flexibility index (Phi) is 6.59. The summed E-state index contributed by atoms with van der Waals surface area (Å²) < 4.78 is 10.7. The van der Waals surface area contributed by atoms with Gasteiger partial charge in [0, 0.05) is 30.8 Å². The standard InChI is InChI=1S/C15H24N2O2.ClH/c1-11(16)12-6-7-17(9-12)10-13-4-5-14(18-2)8-15(13)19-3;/h4-5,8,11-12H,6-7,9-10,16H2,1-3H3;1H. The first-order valence-corrected chi connectivity index (χ1v) is 6.83. The molecular weight excluding hydrogens is 276 g/mol. The SMILES string of the molecule is COc1ccc(CN2CCC(C(C)N)C2)c(OC)c1.Cl. The van der Waals surface area contributed by atoms with Crippen molar-refractivity contribution in [3.8, 4) is 11.5 Å². The minimum Gasteiger partial charge on any atom is -0.497 e. The van der Waals surface area contributed by atoms with Crippen LogP contribution in [0, 0.1) is 5.92 Å². The van der Waals surface area contributed by atoms with Crippen molar-refractivity contribution in [2.24, 2.45) is 11.7 Å². The Labute approximate surface area is 127 Å². The molecule has 1 fully saturated rings. The summed E-state index contributed by atoms with van der Waals surface area (Å²) in [5, 5.41) is 0. The van der Waals surface area contributed by atoms with Crippen molar-refractivity contribution < 1.29 is 9.47 Å². The van der Waals surface area contributed by atoms with Crippen molar-refractivity contribution in [2.75, 3.05) is 27.3 Å². The summed E-state index contributed by atoms with van der Waals surface area (Å²) in [6.45, 7) is 5.20. The van der Waals surface area contributed by atoms with Crippen LogP contribution in [0.5, 0.6) is 11.5 Å². The molecule has 20 heavy (non-hydrogen) atoms. The molecule has 1 heterocycles. The van der Waals surface area contributed by atoms with Crippen LogP contribution >= 0.6 is 12.4 Å². The number of benzene rings is 1. The molecule has 2 atom stereocenters. The van der Waals surface area contributed by atoms with E-state index in [1.165, 1.54) is 12.0 Å². The average Bonchev–Trinajstić information content (AvgIpc) is 2.88. The molecule has 0 amide bonds. The van der Waals surface area contributed by atoms with E-state index in [9.17, 15) is 0 Å². The summed E-state index contributed by atoms with van der Waals surface area (Å²) in [6.07, 6.45) is 1.19. The molecule has 0 radical (unpaired) electrons. The molecule has 1 aromatic carbocycles. The monoisotopic (exact) mass is 300 g/mol. The number of hydrogen-bond acceptors (Lipinski definition) is 4. The molecule has 0 spiro atoms. The third-order valence-electron chi connectivity index (χ3n) is 3.94. The van der Waals surface area contributed by atoms with Crippen molar-refractivity contribution in [2.45, 2.75) is 25.9 Å². The van der Waals surface area contributed by atoms with E-state index in [-0.39, 0.29) is 18.4 Å². The number of ether oxygens (including phenoxy) is 2. The van der Waals surface area contributed by atoms with Gasteiger partial charge in [0.05, 0.1) is 14.2 Å². The Morgan fingerprint density at radius 1 is 1.35 bits per heavy atom. The van der Waals surface area contributed by atoms with E-state index in [2.05, 4.69) is 17.9 Å². The van der Waals surface area contributed by atoms with E-state index in [0.29, 0.717) is 5.92 Å². The van der Waals surface area contributed by atoms with Crippen LogP contribution in [0.2, 0.25) is 0 Å². The molecule has 2 rings (SSSR count). The van der Waals surface area contributed by atoms with E-state index in [1.54, 1.807) is 14.2 Å². The first-order valence-electron chi connectivity index (χ1n) is 6.83. The van der Waals surface area contributed by atoms with Crippen molar-refractivity contribution in [3.05, 3.63) is 23.8 Å². The lowest BCUT2D eigenvalue weighted by molar-refractivity contribution is 0.300. The fourth-order valence-electron chi connectivity index (χ4n) is 2.66. The maximum Gasteiger partial charge on any atom is 0.127 e. The highest BCUT2D eigenvalue weighted by Gasteiger charge is 2.25. The van der Waals surface area contributed by atoms with Gasteiger partial charge in [-0.05, 0) is 31.9 Å². The highest BCUT2D eigenvalue weighted by Crippen LogP contribution is 2.28. The number of rotatable bonds is 5. The van der Waals surface area contributed by atoms with Gasteiger partial charge in [0.1, 0.15) is 11.5 Å². The molecule has 1 aliphatic heterocycles. The Balaban J connectivity index is 0.00000200. The van der Waals surface area contributed by atoms with Crippen LogP contribution in [0.3, 0.4) is 0 Å². The van der Waals surface area contributed by atoms with Crippen molar-refractivity contribution in [1.82, 2.24) is 4.90 Å². The summed E-state index contributed by atoms with van der Waals surface area (Å²) >= 11 is 0. The average molecular weight is 301 g/mol. The van der Waals surface area contributed by atoms with Gasteiger partial charge in [0.25, 0.3) is 0 Å². The molecule has 114 valence electrons. The van der Waals surface area contributed by atoms with Crippen LogP contribution in [0.4, 0.5) is 0 Å². The number of likely N-dealkylation sites (tertiary alicyclic amines) is 1. The maximum absolute atomic E-state index is 5.98. The summed E-state index contributed by atoms with van der Waals surface area (Å²) in [7, 11) is 3.37. The maximum atomic E-state index is 5.98. The van der Waals surface area contributed by atoms with Crippen LogP contribution in [0.25, 0.3) is 0 Å². The lowest BCUT2D eigenvalue weighted by atomic mass is 10.0. The summed E-state index contributed by atoms with van der Waals surface area (Å²) in [4.78, 5) is 2.44. The van der Waals surface area contributed by atoms with Gasteiger partial charge in [0.2, 0.25) is 0 Å². The lowest BCUT2D eigenvalue weighted by Gasteiger charge is -2.19. The first kappa shape index (κ1) is 17.1. The van der Waals surface area contributed by atoms with E-state index >= 15 is 0 Å². The van der Waals surface area contributed by atoms with E-state index in [1.807, 2.05) is 12.1 Å². The van der Waals surface area contributed by atoms with Crippen molar-refractivity contribution >= 4 is 12.4 Å². The molecule has 0 saturated carbocycles. The largest absolute Gasteiger partial charge is 0.497 e. The zero-order valence-corrected chi connectivity index (χ0v) is 13.3. The zero-order chi connectivity index (χ0) is 13.8. The highest BCUT2D eigenvalue weighted by atomic mass is 35.5. The number of hydrogen-bond donors (Lipinski definition) is 1. The number of methoxy groups -OCH3 is 2. The van der Waals surface area contributed by atoms with Gasteiger partial charge < -0.3 is 15.2 Å². The number of nitrogens with zero attached hydrogens (tertiary/aromatic N) is 1. The second kappa shape index (κ2) is 7.72. The Morgan fingerprint density at radius 3 is 2.65 bits per heavy atom. The van der Waals surface area contributed by atoms with Gasteiger partial charge >= 0.3 is 0 Å². The quantitative estimate of drug-likeness (QED) is 0.906. The minimum atomic E-state index is 0. The predicted octanol–water partition coefficient (Wildman–Crippen LogP) is 2.29. The second-order valence-corrected chi connectivity index (χ2v) is 5.32. The van der Waals surface area contributed by atoms with Crippen molar-refractivity contribution in [3.63, 3.8) is 0 Å². The predicted molar refractivity (Wildman–Crippen MR) is 83.8 cm³/mol. The molecule has 0 aromatic heterocycles. The molecule has 4 nitrogen and oxygen atoms in total. The molecule has 1 saturated heterocycles. The van der Waals surface area contributed by atoms with Gasteiger partial charge in [0.15, 0.2) is 0 Å². The fraction of sp³-hybridized carbons (Fsp3) is 0.600. The number of nitrogens with two attached hydrogens (primary N) is 1. The van der Waals surface area contributed by atoms with Crippen LogP contribution in [-0.4, -0.2) is 38.3 Å². The smallest absolute Gasteiger partial charge is 0.127 e. The fourth-order valence-corrected chi connectivity index (χ4v) is 2.66. The van der Waals surface area contributed by atoms with E-state index in [4.69, 9.17) is 15.2 Å². The molecule has 1 aliphatic rings. The van der Waals surface area contributed by atoms with Gasteiger partial charge in [-0.25, -0.2) is 0 Å². The summed E-state index contributed by atoms with van der Waals surface area (Å²) in [5.41, 5.74) is 7.18. The van der Waals surface area contributed by atoms with Gasteiger partial charge in [-0.2, -0.15) is 0 Å². The highest BCUT2D eigenvalue weighted by molar-refractivity contribution is 5.85. The Morgan fingerprint density at radius 2 is 2.10 bits per heavy atom. The summed E-state index contributed by atoms with van der Waals surface area (Å²) in [5.74, 6) is 2.34. The Hall–Kier alpha value is -0.970. The molecule has 5 heteroatoms. The van der Waals surface area contributed by atoms with E-state index in [0.717, 1.165) is 31.1 Å². The normalized spacial score (nSPS) is 20.3. The second-order valence-electron chi connectivity index (χ2n) is 5.32. The minimum absolute atomic E-state index is 0. The molecule has 0 aliphatic carbocycles. The summed E-state index contributed by atoms with van der Waals surface area (Å²) in [6, 6.07) is 6.28. The van der Waals surface area contributed by atoms with Crippen molar-refractivity contribution in [1.29, 1.82) is 0 Å². The topological polar surface area (TPSA) is 47.7 Å². The van der Waals surface area contributed by atoms with Crippen LogP contribution in [0.1, 0.15) is 18.9 Å². The lowest BCUT2D eigenvalue weighted by Crippen LogP contribution is -2.29. The van der Waals surface area contributed by atoms with Gasteiger partial charge in [-0.3, -0.25) is 4.90 Å². The van der Waals surface area contributed by atoms with Crippen LogP contribution in [-0.2, 0) is 6.54 Å². The Bertz CT molecular complexity index is 426. The molecule has 2 unspecified atom stereocenters. The van der Waals surface area contributed by atoms with Crippen LogP contribution < -0.4 is 15.2 Å². The third-order valence-corrected chi connectivity index (χ3v) is 3.94. The zero-order valence-electron chi connectivity index (χ0n) is 12.5. The van der Waals surface area contributed by atoms with Gasteiger partial charge in [-0.1, -0.05) is 6.07 Å².